The molecule has 1 aromatic carbocycles. The number of benzene rings is 1. The second kappa shape index (κ2) is 6.72. The molecule has 4 nitrogen and oxygen atoms in total. The SMILES string of the molecule is CC(C)c1cc(Br)ccc1OCc1ccnc(NN)c1. The molecule has 0 spiro atoms. The van der Waals surface area contributed by atoms with Crippen molar-refractivity contribution in [2.24, 2.45) is 5.84 Å². The van der Waals surface area contributed by atoms with E-state index in [0.717, 1.165) is 15.8 Å². The van der Waals surface area contributed by atoms with Gasteiger partial charge in [-0.05, 0) is 47.4 Å². The van der Waals surface area contributed by atoms with Gasteiger partial charge in [-0.15, -0.1) is 0 Å². The summed E-state index contributed by atoms with van der Waals surface area (Å²) in [5.41, 5.74) is 4.73. The summed E-state index contributed by atoms with van der Waals surface area (Å²) < 4.78 is 6.98. The fourth-order valence-electron chi connectivity index (χ4n) is 1.91. The van der Waals surface area contributed by atoms with Gasteiger partial charge < -0.3 is 10.2 Å². The molecule has 0 saturated heterocycles. The number of anilines is 1. The third-order valence-electron chi connectivity index (χ3n) is 2.96. The van der Waals surface area contributed by atoms with Crippen LogP contribution in [0.1, 0.15) is 30.9 Å². The molecule has 2 aromatic rings. The number of nitrogens with two attached hydrogens (primary N) is 1. The Hall–Kier alpha value is -1.59. The lowest BCUT2D eigenvalue weighted by molar-refractivity contribution is 0.301. The molecule has 1 heterocycles. The lowest BCUT2D eigenvalue weighted by atomic mass is 10.0. The number of rotatable bonds is 5. The van der Waals surface area contributed by atoms with E-state index in [4.69, 9.17) is 10.6 Å². The minimum absolute atomic E-state index is 0.404. The van der Waals surface area contributed by atoms with E-state index in [1.54, 1.807) is 6.20 Å². The first-order chi connectivity index (χ1) is 9.60. The van der Waals surface area contributed by atoms with Crippen molar-refractivity contribution in [3.05, 3.63) is 52.1 Å². The van der Waals surface area contributed by atoms with Gasteiger partial charge >= 0.3 is 0 Å². The summed E-state index contributed by atoms with van der Waals surface area (Å²) in [4.78, 5) is 4.07. The topological polar surface area (TPSA) is 60.2 Å². The lowest BCUT2D eigenvalue weighted by Gasteiger charge is -2.14. The zero-order valence-electron chi connectivity index (χ0n) is 11.6. The van der Waals surface area contributed by atoms with Crippen molar-refractivity contribution in [3.63, 3.8) is 0 Å². The first-order valence-corrected chi connectivity index (χ1v) is 7.23. The molecule has 0 bridgehead atoms. The number of nitrogen functional groups attached to an aromatic ring is 1. The Kier molecular flexibility index (Phi) is 4.98. The van der Waals surface area contributed by atoms with Crippen molar-refractivity contribution in [2.45, 2.75) is 26.4 Å². The van der Waals surface area contributed by atoms with Crippen molar-refractivity contribution in [3.8, 4) is 5.75 Å². The zero-order chi connectivity index (χ0) is 14.5. The van der Waals surface area contributed by atoms with Crippen LogP contribution in [0.5, 0.6) is 5.75 Å². The Morgan fingerprint density at radius 1 is 1.30 bits per heavy atom. The van der Waals surface area contributed by atoms with Gasteiger partial charge in [-0.25, -0.2) is 10.8 Å². The van der Waals surface area contributed by atoms with Gasteiger partial charge in [0.15, 0.2) is 0 Å². The van der Waals surface area contributed by atoms with Crippen LogP contribution in [0.3, 0.4) is 0 Å². The number of hydrazine groups is 1. The number of ether oxygens (including phenoxy) is 1. The van der Waals surface area contributed by atoms with Crippen LogP contribution in [-0.2, 0) is 6.61 Å². The van der Waals surface area contributed by atoms with E-state index in [9.17, 15) is 0 Å². The van der Waals surface area contributed by atoms with Crippen LogP contribution < -0.4 is 16.0 Å². The first kappa shape index (κ1) is 14.8. The second-order valence-electron chi connectivity index (χ2n) is 4.82. The zero-order valence-corrected chi connectivity index (χ0v) is 13.1. The molecule has 0 fully saturated rings. The van der Waals surface area contributed by atoms with Gasteiger partial charge in [-0.3, -0.25) is 0 Å². The summed E-state index contributed by atoms with van der Waals surface area (Å²) in [6, 6.07) is 9.85. The summed E-state index contributed by atoms with van der Waals surface area (Å²) in [7, 11) is 0. The van der Waals surface area contributed by atoms with Gasteiger partial charge in [0.2, 0.25) is 0 Å². The first-order valence-electron chi connectivity index (χ1n) is 6.44. The number of aromatic nitrogens is 1. The molecule has 5 heteroatoms. The Labute approximate surface area is 127 Å². The van der Waals surface area contributed by atoms with Crippen LogP contribution in [-0.4, -0.2) is 4.98 Å². The number of nitrogens with one attached hydrogen (secondary N) is 1. The van der Waals surface area contributed by atoms with Crippen LogP contribution >= 0.6 is 15.9 Å². The van der Waals surface area contributed by atoms with Crippen molar-refractivity contribution in [1.82, 2.24) is 4.98 Å². The summed E-state index contributed by atoms with van der Waals surface area (Å²) in [6.07, 6.45) is 1.71. The Balaban J connectivity index is 2.14. The van der Waals surface area contributed by atoms with Gasteiger partial charge in [-0.1, -0.05) is 29.8 Å². The van der Waals surface area contributed by atoms with E-state index in [1.807, 2.05) is 24.3 Å². The van der Waals surface area contributed by atoms with Gasteiger partial charge in [0.05, 0.1) is 0 Å². The molecule has 0 aliphatic rings. The van der Waals surface area contributed by atoms with Gasteiger partial charge in [0.1, 0.15) is 18.2 Å². The largest absolute Gasteiger partial charge is 0.489 e. The maximum absolute atomic E-state index is 5.92. The lowest BCUT2D eigenvalue weighted by Crippen LogP contribution is -2.09. The molecule has 0 unspecified atom stereocenters. The predicted octanol–water partition coefficient (Wildman–Crippen LogP) is 3.83. The minimum Gasteiger partial charge on any atom is -0.489 e. The Morgan fingerprint density at radius 2 is 2.10 bits per heavy atom. The third-order valence-corrected chi connectivity index (χ3v) is 3.45. The van der Waals surface area contributed by atoms with Crippen molar-refractivity contribution < 1.29 is 4.74 Å². The van der Waals surface area contributed by atoms with Crippen LogP contribution in [0, 0.1) is 0 Å². The van der Waals surface area contributed by atoms with E-state index < -0.39 is 0 Å². The standard InChI is InChI=1S/C15H18BrN3O/c1-10(2)13-8-12(16)3-4-14(13)20-9-11-5-6-18-15(7-11)19-17/h3-8,10H,9,17H2,1-2H3,(H,18,19). The number of hydrogen-bond acceptors (Lipinski definition) is 4. The van der Waals surface area contributed by atoms with Crippen LogP contribution in [0.2, 0.25) is 0 Å². The average molecular weight is 336 g/mol. The van der Waals surface area contributed by atoms with E-state index in [0.29, 0.717) is 18.3 Å². The highest BCUT2D eigenvalue weighted by Gasteiger charge is 2.09. The van der Waals surface area contributed by atoms with E-state index in [1.165, 1.54) is 5.56 Å². The van der Waals surface area contributed by atoms with Gasteiger partial charge in [0.25, 0.3) is 0 Å². The molecule has 0 radical (unpaired) electrons. The summed E-state index contributed by atoms with van der Waals surface area (Å²) in [6.45, 7) is 4.79. The van der Waals surface area contributed by atoms with E-state index >= 15 is 0 Å². The number of nitrogens with zero attached hydrogens (tertiary/aromatic N) is 1. The molecule has 20 heavy (non-hydrogen) atoms. The summed E-state index contributed by atoms with van der Waals surface area (Å²) >= 11 is 3.49. The smallest absolute Gasteiger partial charge is 0.140 e. The fourth-order valence-corrected chi connectivity index (χ4v) is 2.28. The van der Waals surface area contributed by atoms with Crippen molar-refractivity contribution in [2.75, 3.05) is 5.43 Å². The maximum atomic E-state index is 5.92. The van der Waals surface area contributed by atoms with E-state index in [2.05, 4.69) is 46.3 Å². The maximum Gasteiger partial charge on any atom is 0.140 e. The molecule has 1 aromatic heterocycles. The average Bonchev–Trinajstić information content (AvgIpc) is 2.46. The van der Waals surface area contributed by atoms with Crippen LogP contribution in [0.15, 0.2) is 41.0 Å². The highest BCUT2D eigenvalue weighted by atomic mass is 79.9. The Morgan fingerprint density at radius 3 is 2.80 bits per heavy atom. The van der Waals surface area contributed by atoms with Crippen molar-refractivity contribution >= 4 is 21.7 Å². The molecule has 0 amide bonds. The quantitative estimate of drug-likeness (QED) is 0.643. The molecular weight excluding hydrogens is 318 g/mol. The highest BCUT2D eigenvalue weighted by Crippen LogP contribution is 2.30. The second-order valence-corrected chi connectivity index (χ2v) is 5.73. The number of hydrogen-bond donors (Lipinski definition) is 2. The Bertz CT molecular complexity index is 587. The van der Waals surface area contributed by atoms with E-state index in [-0.39, 0.29) is 0 Å². The predicted molar refractivity (Wildman–Crippen MR) is 84.6 cm³/mol. The van der Waals surface area contributed by atoms with Crippen LogP contribution in [0.4, 0.5) is 5.82 Å². The molecular formula is C15H18BrN3O. The van der Waals surface area contributed by atoms with Gasteiger partial charge in [-0.2, -0.15) is 0 Å². The fraction of sp³-hybridized carbons (Fsp3) is 0.267. The normalized spacial score (nSPS) is 10.7. The monoisotopic (exact) mass is 335 g/mol. The number of halogens is 1. The molecule has 0 atom stereocenters. The summed E-state index contributed by atoms with van der Waals surface area (Å²) in [5.74, 6) is 7.29. The summed E-state index contributed by atoms with van der Waals surface area (Å²) in [5, 5.41) is 0. The van der Waals surface area contributed by atoms with Gasteiger partial charge in [0, 0.05) is 10.7 Å². The molecule has 0 aliphatic carbocycles. The van der Waals surface area contributed by atoms with Crippen LogP contribution in [0.25, 0.3) is 0 Å². The molecule has 0 aliphatic heterocycles. The molecule has 106 valence electrons. The minimum atomic E-state index is 0.404. The highest BCUT2D eigenvalue weighted by molar-refractivity contribution is 9.10. The third kappa shape index (κ3) is 3.71. The van der Waals surface area contributed by atoms with Crippen molar-refractivity contribution in [1.29, 1.82) is 0 Å². The molecule has 3 N–H and O–H groups in total. The number of pyridine rings is 1. The molecule has 2 rings (SSSR count). The molecule has 0 saturated carbocycles.